The van der Waals surface area contributed by atoms with Gasteiger partial charge in [0, 0.05) is 19.1 Å². The molecule has 0 bridgehead atoms. The van der Waals surface area contributed by atoms with Crippen LogP contribution in [0.15, 0.2) is 4.99 Å². The summed E-state index contributed by atoms with van der Waals surface area (Å²) in [6.07, 6.45) is 9.75. The highest BCUT2D eigenvalue weighted by Crippen LogP contribution is 2.17. The highest BCUT2D eigenvalue weighted by atomic mass is 127. The van der Waals surface area contributed by atoms with Gasteiger partial charge in [-0.3, -0.25) is 4.79 Å². The first-order valence-electron chi connectivity index (χ1n) is 10.7. The first-order chi connectivity index (χ1) is 12.7. The van der Waals surface area contributed by atoms with Crippen LogP contribution in [0.1, 0.15) is 65.2 Å². The molecule has 1 aliphatic carbocycles. The molecular formula is C20H40IN5O. The van der Waals surface area contributed by atoms with Crippen molar-refractivity contribution in [3.8, 4) is 0 Å². The van der Waals surface area contributed by atoms with Gasteiger partial charge in [-0.05, 0) is 64.6 Å². The molecule has 7 heteroatoms. The second kappa shape index (κ2) is 14.4. The van der Waals surface area contributed by atoms with E-state index in [-0.39, 0.29) is 36.4 Å². The minimum absolute atomic E-state index is 0. The normalized spacial score (nSPS) is 20.0. The van der Waals surface area contributed by atoms with E-state index in [9.17, 15) is 4.79 Å². The monoisotopic (exact) mass is 493 g/mol. The zero-order chi connectivity index (χ0) is 18.6. The van der Waals surface area contributed by atoms with Crippen LogP contribution in [0.2, 0.25) is 0 Å². The van der Waals surface area contributed by atoms with Crippen LogP contribution >= 0.6 is 24.0 Å². The molecule has 0 unspecified atom stereocenters. The summed E-state index contributed by atoms with van der Waals surface area (Å²) in [4.78, 5) is 19.1. The first kappa shape index (κ1) is 24.5. The van der Waals surface area contributed by atoms with Crippen LogP contribution in [0.5, 0.6) is 0 Å². The third-order valence-electron chi connectivity index (χ3n) is 5.52. The number of carbonyl (C=O) groups excluding carboxylic acids is 1. The van der Waals surface area contributed by atoms with E-state index in [1.807, 2.05) is 6.92 Å². The summed E-state index contributed by atoms with van der Waals surface area (Å²) in [7, 11) is 0. The Bertz CT molecular complexity index is 432. The fraction of sp³-hybridized carbons (Fsp3) is 0.900. The van der Waals surface area contributed by atoms with E-state index in [2.05, 4.69) is 32.8 Å². The number of aliphatic imine (C=N–C) groups is 1. The molecule has 0 aromatic heterocycles. The Labute approximate surface area is 182 Å². The maximum atomic E-state index is 12.1. The number of amides is 1. The van der Waals surface area contributed by atoms with Crippen molar-refractivity contribution in [2.45, 2.75) is 71.3 Å². The minimum Gasteiger partial charge on any atom is -0.357 e. The van der Waals surface area contributed by atoms with E-state index in [1.165, 1.54) is 45.2 Å². The van der Waals surface area contributed by atoms with Gasteiger partial charge in [0.05, 0.1) is 0 Å². The van der Waals surface area contributed by atoms with Gasteiger partial charge in [0.2, 0.25) is 5.91 Å². The van der Waals surface area contributed by atoms with Gasteiger partial charge in [0.15, 0.2) is 5.96 Å². The molecule has 0 aromatic carbocycles. The zero-order valence-electron chi connectivity index (χ0n) is 17.3. The van der Waals surface area contributed by atoms with Crippen molar-refractivity contribution in [2.75, 3.05) is 39.3 Å². The molecule has 1 amide bonds. The summed E-state index contributed by atoms with van der Waals surface area (Å²) < 4.78 is 0. The highest BCUT2D eigenvalue weighted by Gasteiger charge is 2.16. The molecular weight excluding hydrogens is 453 g/mol. The van der Waals surface area contributed by atoms with Gasteiger partial charge in [-0.2, -0.15) is 0 Å². The van der Waals surface area contributed by atoms with Crippen LogP contribution in [0, 0.1) is 5.92 Å². The Balaban J connectivity index is 0.00000364. The topological polar surface area (TPSA) is 68.8 Å². The number of likely N-dealkylation sites (tertiary alicyclic amines) is 1. The molecule has 0 spiro atoms. The lowest BCUT2D eigenvalue weighted by atomic mass is 9.95. The van der Waals surface area contributed by atoms with Crippen molar-refractivity contribution in [1.29, 1.82) is 0 Å². The van der Waals surface area contributed by atoms with E-state index in [4.69, 9.17) is 0 Å². The molecule has 2 rings (SSSR count). The Kier molecular flexibility index (Phi) is 13.1. The summed E-state index contributed by atoms with van der Waals surface area (Å²) >= 11 is 0. The molecule has 1 saturated heterocycles. The van der Waals surface area contributed by atoms with Gasteiger partial charge in [0.25, 0.3) is 0 Å². The van der Waals surface area contributed by atoms with Crippen LogP contribution in [0.4, 0.5) is 0 Å². The van der Waals surface area contributed by atoms with E-state index < -0.39 is 0 Å². The number of piperidine rings is 1. The van der Waals surface area contributed by atoms with Crippen molar-refractivity contribution in [3.63, 3.8) is 0 Å². The minimum atomic E-state index is 0. The average molecular weight is 493 g/mol. The number of carbonyl (C=O) groups is 1. The standard InChI is InChI=1S/C20H39N5O.HI/c1-3-21-20(22-12-7-13-25-14-10-17(2)11-15-25)23-16-19(26)24-18-8-5-4-6-9-18;/h17-18H,3-16H2,1-2H3,(H,24,26)(H2,21,22,23);1H. The lowest BCUT2D eigenvalue weighted by Gasteiger charge is -2.30. The molecule has 27 heavy (non-hydrogen) atoms. The molecule has 2 aliphatic rings. The number of guanidine groups is 1. The average Bonchev–Trinajstić information content (AvgIpc) is 2.65. The SMILES string of the molecule is CCNC(=NCC(=O)NC1CCCCC1)NCCCN1CCC(C)CC1.I. The van der Waals surface area contributed by atoms with Gasteiger partial charge < -0.3 is 20.9 Å². The molecule has 1 saturated carbocycles. The fourth-order valence-corrected chi connectivity index (χ4v) is 3.81. The lowest BCUT2D eigenvalue weighted by Crippen LogP contribution is -2.41. The molecule has 3 N–H and O–H groups in total. The van der Waals surface area contributed by atoms with Crippen LogP contribution in [-0.2, 0) is 4.79 Å². The number of hydrogen-bond acceptors (Lipinski definition) is 3. The molecule has 0 radical (unpaired) electrons. The Morgan fingerprint density at radius 1 is 1.07 bits per heavy atom. The molecule has 1 aliphatic heterocycles. The maximum absolute atomic E-state index is 12.1. The predicted molar refractivity (Wildman–Crippen MR) is 124 cm³/mol. The van der Waals surface area contributed by atoms with Gasteiger partial charge in [0.1, 0.15) is 6.54 Å². The Morgan fingerprint density at radius 2 is 1.78 bits per heavy atom. The van der Waals surface area contributed by atoms with Crippen molar-refractivity contribution in [1.82, 2.24) is 20.9 Å². The van der Waals surface area contributed by atoms with E-state index in [0.717, 1.165) is 50.8 Å². The summed E-state index contributed by atoms with van der Waals surface area (Å²) in [5.74, 6) is 1.67. The molecule has 0 aromatic rings. The fourth-order valence-electron chi connectivity index (χ4n) is 3.81. The van der Waals surface area contributed by atoms with E-state index >= 15 is 0 Å². The number of nitrogens with one attached hydrogen (secondary N) is 3. The van der Waals surface area contributed by atoms with Gasteiger partial charge in [-0.15, -0.1) is 24.0 Å². The van der Waals surface area contributed by atoms with Crippen molar-refractivity contribution in [3.05, 3.63) is 0 Å². The smallest absolute Gasteiger partial charge is 0.242 e. The zero-order valence-corrected chi connectivity index (χ0v) is 19.6. The lowest BCUT2D eigenvalue weighted by molar-refractivity contribution is -0.120. The van der Waals surface area contributed by atoms with Gasteiger partial charge >= 0.3 is 0 Å². The summed E-state index contributed by atoms with van der Waals surface area (Å²) in [5, 5.41) is 9.71. The third kappa shape index (κ3) is 10.5. The quantitative estimate of drug-likeness (QED) is 0.211. The van der Waals surface area contributed by atoms with Crippen LogP contribution < -0.4 is 16.0 Å². The van der Waals surface area contributed by atoms with Gasteiger partial charge in [-0.25, -0.2) is 4.99 Å². The Hall–Kier alpha value is -0.570. The summed E-state index contributed by atoms with van der Waals surface area (Å²) in [6.45, 7) is 9.91. The molecule has 1 heterocycles. The number of halogens is 1. The van der Waals surface area contributed by atoms with Crippen molar-refractivity contribution >= 4 is 35.8 Å². The molecule has 6 nitrogen and oxygen atoms in total. The summed E-state index contributed by atoms with van der Waals surface area (Å²) in [5.41, 5.74) is 0. The van der Waals surface area contributed by atoms with Crippen LogP contribution in [0.25, 0.3) is 0 Å². The summed E-state index contributed by atoms with van der Waals surface area (Å²) in [6, 6.07) is 0.356. The van der Waals surface area contributed by atoms with Crippen LogP contribution in [0.3, 0.4) is 0 Å². The second-order valence-corrected chi connectivity index (χ2v) is 7.90. The third-order valence-corrected chi connectivity index (χ3v) is 5.52. The number of rotatable bonds is 8. The molecule has 2 fully saturated rings. The van der Waals surface area contributed by atoms with Crippen molar-refractivity contribution in [2.24, 2.45) is 10.9 Å². The second-order valence-electron chi connectivity index (χ2n) is 7.90. The van der Waals surface area contributed by atoms with E-state index in [0.29, 0.717) is 6.04 Å². The molecule has 0 atom stereocenters. The number of hydrogen-bond donors (Lipinski definition) is 3. The first-order valence-corrected chi connectivity index (χ1v) is 10.7. The van der Waals surface area contributed by atoms with E-state index in [1.54, 1.807) is 0 Å². The van der Waals surface area contributed by atoms with Gasteiger partial charge in [-0.1, -0.05) is 26.2 Å². The predicted octanol–water partition coefficient (Wildman–Crippen LogP) is 2.73. The highest BCUT2D eigenvalue weighted by molar-refractivity contribution is 14.0. The maximum Gasteiger partial charge on any atom is 0.242 e. The molecule has 158 valence electrons. The Morgan fingerprint density at radius 3 is 2.44 bits per heavy atom. The largest absolute Gasteiger partial charge is 0.357 e. The number of nitrogens with zero attached hydrogens (tertiary/aromatic N) is 2. The van der Waals surface area contributed by atoms with Crippen LogP contribution in [-0.4, -0.2) is 62.1 Å². The van der Waals surface area contributed by atoms with Crippen molar-refractivity contribution < 1.29 is 4.79 Å².